The second-order valence-corrected chi connectivity index (χ2v) is 7.38. The summed E-state index contributed by atoms with van der Waals surface area (Å²) in [6.45, 7) is 13.3. The van der Waals surface area contributed by atoms with Gasteiger partial charge in [0.05, 0.1) is 11.6 Å². The minimum Gasteiger partial charge on any atom is -0.355 e. The largest absolute Gasteiger partial charge is 0.355 e. The Morgan fingerprint density at radius 1 is 1.36 bits per heavy atom. The Morgan fingerprint density at radius 3 is 2.50 bits per heavy atom. The highest BCUT2D eigenvalue weighted by atomic mass is 16.2. The summed E-state index contributed by atoms with van der Waals surface area (Å²) in [6.07, 6.45) is 3.08. The number of nitrogens with zero attached hydrogens (tertiary/aromatic N) is 2. The van der Waals surface area contributed by atoms with E-state index in [0.29, 0.717) is 12.5 Å². The van der Waals surface area contributed by atoms with E-state index in [-0.39, 0.29) is 17.2 Å². The summed E-state index contributed by atoms with van der Waals surface area (Å²) in [4.78, 5) is 12.4. The van der Waals surface area contributed by atoms with Crippen molar-refractivity contribution in [3.63, 3.8) is 0 Å². The first-order valence-electron chi connectivity index (χ1n) is 8.08. The van der Waals surface area contributed by atoms with Gasteiger partial charge in [-0.1, -0.05) is 25.5 Å². The van der Waals surface area contributed by atoms with Gasteiger partial charge >= 0.3 is 0 Å². The van der Waals surface area contributed by atoms with E-state index in [1.807, 2.05) is 18.7 Å². The van der Waals surface area contributed by atoms with Crippen molar-refractivity contribution >= 4 is 5.91 Å². The van der Waals surface area contributed by atoms with E-state index in [0.717, 1.165) is 12.1 Å². The molecule has 0 unspecified atom stereocenters. The molecule has 0 aromatic carbocycles. The van der Waals surface area contributed by atoms with Crippen molar-refractivity contribution in [2.75, 3.05) is 6.54 Å². The van der Waals surface area contributed by atoms with Crippen LogP contribution in [-0.4, -0.2) is 22.2 Å². The molecule has 4 nitrogen and oxygen atoms in total. The van der Waals surface area contributed by atoms with Crippen molar-refractivity contribution < 1.29 is 4.79 Å². The van der Waals surface area contributed by atoms with Gasteiger partial charge < -0.3 is 5.32 Å². The summed E-state index contributed by atoms with van der Waals surface area (Å²) in [5.41, 5.74) is 4.86. The lowest BCUT2D eigenvalue weighted by atomic mass is 10.1. The molecule has 0 radical (unpaired) electrons. The van der Waals surface area contributed by atoms with Crippen molar-refractivity contribution in [3.05, 3.63) is 28.6 Å². The van der Waals surface area contributed by atoms with E-state index in [1.54, 1.807) is 0 Å². The fourth-order valence-corrected chi connectivity index (χ4v) is 3.45. The zero-order valence-corrected chi connectivity index (χ0v) is 14.9. The molecule has 2 rings (SSSR count). The van der Waals surface area contributed by atoms with Crippen molar-refractivity contribution in [2.24, 2.45) is 24.3 Å². The van der Waals surface area contributed by atoms with Crippen molar-refractivity contribution in [1.82, 2.24) is 15.1 Å². The second kappa shape index (κ2) is 5.90. The van der Waals surface area contributed by atoms with Gasteiger partial charge in [0.1, 0.15) is 0 Å². The Morgan fingerprint density at radius 2 is 2.00 bits per heavy atom. The maximum absolute atomic E-state index is 12.4. The van der Waals surface area contributed by atoms with Crippen LogP contribution >= 0.6 is 0 Å². The molecule has 4 heteroatoms. The predicted molar refractivity (Wildman–Crippen MR) is 89.6 cm³/mol. The number of hydrogen-bond donors (Lipinski definition) is 1. The average molecular weight is 303 g/mol. The summed E-state index contributed by atoms with van der Waals surface area (Å²) < 4.78 is 1.90. The van der Waals surface area contributed by atoms with E-state index in [9.17, 15) is 4.79 Å². The topological polar surface area (TPSA) is 46.9 Å². The lowest BCUT2D eigenvalue weighted by molar-refractivity contribution is -0.123. The SMILES string of the molecule is CC(C)=C[C@H]1[C@@H](C(=O)NCCc2c(C)nn(C)c2C)C1(C)C. The van der Waals surface area contributed by atoms with Crippen LogP contribution in [0.3, 0.4) is 0 Å². The van der Waals surface area contributed by atoms with Crippen LogP contribution in [0.2, 0.25) is 0 Å². The van der Waals surface area contributed by atoms with Gasteiger partial charge in [-0.15, -0.1) is 0 Å². The fraction of sp³-hybridized carbons (Fsp3) is 0.667. The van der Waals surface area contributed by atoms with E-state index in [2.05, 4.69) is 51.1 Å². The molecule has 1 aromatic heterocycles. The van der Waals surface area contributed by atoms with Gasteiger partial charge in [-0.25, -0.2) is 0 Å². The van der Waals surface area contributed by atoms with Crippen molar-refractivity contribution in [1.29, 1.82) is 0 Å². The van der Waals surface area contributed by atoms with Gasteiger partial charge in [-0.3, -0.25) is 9.48 Å². The van der Waals surface area contributed by atoms with Crippen molar-refractivity contribution in [3.8, 4) is 0 Å². The third kappa shape index (κ3) is 3.11. The quantitative estimate of drug-likeness (QED) is 0.850. The van der Waals surface area contributed by atoms with Crippen LogP contribution in [0.25, 0.3) is 0 Å². The van der Waals surface area contributed by atoms with Gasteiger partial charge in [0.15, 0.2) is 0 Å². The summed E-state index contributed by atoms with van der Waals surface area (Å²) >= 11 is 0. The van der Waals surface area contributed by atoms with Crippen LogP contribution in [0.1, 0.15) is 44.6 Å². The summed E-state index contributed by atoms with van der Waals surface area (Å²) in [6, 6.07) is 0. The Hall–Kier alpha value is -1.58. The number of carbonyl (C=O) groups is 1. The molecule has 1 saturated carbocycles. The molecule has 1 fully saturated rings. The first-order chi connectivity index (χ1) is 10.2. The Labute approximate surface area is 134 Å². The molecule has 1 aliphatic rings. The average Bonchev–Trinajstić information content (AvgIpc) is 2.83. The number of carbonyl (C=O) groups excluding carboxylic acids is 1. The normalized spacial score (nSPS) is 22.3. The lowest BCUT2D eigenvalue weighted by Gasteiger charge is -2.07. The molecular weight excluding hydrogens is 274 g/mol. The van der Waals surface area contributed by atoms with Crippen LogP contribution in [0.5, 0.6) is 0 Å². The Balaban J connectivity index is 1.90. The van der Waals surface area contributed by atoms with Gasteiger partial charge in [-0.2, -0.15) is 5.10 Å². The molecular formula is C18H29N3O. The molecule has 0 bridgehead atoms. The van der Waals surface area contributed by atoms with Gasteiger partial charge in [0.2, 0.25) is 5.91 Å². The number of nitrogens with one attached hydrogen (secondary N) is 1. The maximum Gasteiger partial charge on any atom is 0.224 e. The Kier molecular flexibility index (Phi) is 4.50. The van der Waals surface area contributed by atoms with Gasteiger partial charge in [-0.05, 0) is 51.0 Å². The van der Waals surface area contributed by atoms with E-state index >= 15 is 0 Å². The molecule has 0 spiro atoms. The Bertz CT molecular complexity index is 606. The van der Waals surface area contributed by atoms with Crippen LogP contribution in [0.4, 0.5) is 0 Å². The number of aromatic nitrogens is 2. The fourth-order valence-electron chi connectivity index (χ4n) is 3.45. The van der Waals surface area contributed by atoms with Crippen LogP contribution in [0, 0.1) is 31.1 Å². The van der Waals surface area contributed by atoms with Crippen LogP contribution < -0.4 is 5.32 Å². The van der Waals surface area contributed by atoms with Crippen molar-refractivity contribution in [2.45, 2.75) is 48.0 Å². The van der Waals surface area contributed by atoms with Crippen LogP contribution in [-0.2, 0) is 18.3 Å². The smallest absolute Gasteiger partial charge is 0.224 e. The molecule has 1 aromatic rings. The highest BCUT2D eigenvalue weighted by molar-refractivity contribution is 5.83. The number of aryl methyl sites for hydroxylation is 2. The van der Waals surface area contributed by atoms with E-state index in [4.69, 9.17) is 0 Å². The molecule has 0 saturated heterocycles. The molecule has 2 atom stereocenters. The number of hydrogen-bond acceptors (Lipinski definition) is 2. The molecule has 1 heterocycles. The predicted octanol–water partition coefficient (Wildman–Crippen LogP) is 2.93. The zero-order chi connectivity index (χ0) is 16.7. The number of allylic oxidation sites excluding steroid dienone is 2. The molecule has 1 aliphatic carbocycles. The lowest BCUT2D eigenvalue weighted by Crippen LogP contribution is -2.29. The molecule has 122 valence electrons. The standard InChI is InChI=1S/C18H29N3O/c1-11(2)10-15-16(18(15,5)6)17(22)19-9-8-14-12(3)20-21(7)13(14)4/h10,15-16H,8-9H2,1-7H3,(H,19,22)/t15-,16-/m0/s1. The third-order valence-electron chi connectivity index (χ3n) is 5.04. The summed E-state index contributed by atoms with van der Waals surface area (Å²) in [5.74, 6) is 0.671. The molecule has 22 heavy (non-hydrogen) atoms. The van der Waals surface area contributed by atoms with Gasteiger partial charge in [0, 0.05) is 19.3 Å². The van der Waals surface area contributed by atoms with Crippen LogP contribution in [0.15, 0.2) is 11.6 Å². The molecule has 0 aliphatic heterocycles. The summed E-state index contributed by atoms with van der Waals surface area (Å²) in [7, 11) is 1.96. The van der Waals surface area contributed by atoms with E-state index in [1.165, 1.54) is 16.8 Å². The number of rotatable bonds is 5. The maximum atomic E-state index is 12.4. The molecule has 1 N–H and O–H groups in total. The second-order valence-electron chi connectivity index (χ2n) is 7.38. The summed E-state index contributed by atoms with van der Waals surface area (Å²) in [5, 5.41) is 7.53. The minimum absolute atomic E-state index is 0.0848. The van der Waals surface area contributed by atoms with E-state index < -0.39 is 0 Å². The molecule has 1 amide bonds. The number of amides is 1. The monoisotopic (exact) mass is 303 g/mol. The highest BCUT2D eigenvalue weighted by Gasteiger charge is 2.60. The third-order valence-corrected chi connectivity index (χ3v) is 5.04. The first kappa shape index (κ1) is 16.8. The zero-order valence-electron chi connectivity index (χ0n) is 14.9. The van der Waals surface area contributed by atoms with Gasteiger partial charge in [0.25, 0.3) is 0 Å². The minimum atomic E-state index is 0.0848. The highest BCUT2D eigenvalue weighted by Crippen LogP contribution is 2.59. The first-order valence-corrected chi connectivity index (χ1v) is 8.08.